The van der Waals surface area contributed by atoms with Gasteiger partial charge in [-0.05, 0) is 28.4 Å². The molecule has 0 bridgehead atoms. The van der Waals surface area contributed by atoms with Gasteiger partial charge < -0.3 is 21.1 Å². The molecule has 1 aromatic heterocycles. The molecule has 0 saturated carbocycles. The third-order valence-corrected chi connectivity index (χ3v) is 4.69. The number of nitrogens with zero attached hydrogens (tertiary/aromatic N) is 2. The van der Waals surface area contributed by atoms with Crippen molar-refractivity contribution in [2.24, 2.45) is 0 Å². The summed E-state index contributed by atoms with van der Waals surface area (Å²) in [6.45, 7) is 0.0307. The number of rotatable bonds is 2. The quantitative estimate of drug-likeness (QED) is 0.719. The maximum absolute atomic E-state index is 14.3. The third-order valence-electron chi connectivity index (χ3n) is 4.08. The zero-order valence-corrected chi connectivity index (χ0v) is 14.1. The lowest BCUT2D eigenvalue weighted by Crippen LogP contribution is -2.49. The summed E-state index contributed by atoms with van der Waals surface area (Å²) in [5, 5.41) is 12.6. The van der Waals surface area contributed by atoms with Gasteiger partial charge in [0, 0.05) is 18.0 Å². The summed E-state index contributed by atoms with van der Waals surface area (Å²) in [6.07, 6.45) is -0.817. The first kappa shape index (κ1) is 16.7. The standard InChI is InChI=1S/C15H15BrF2N4O2/c16-8-3-7-13(4-9(8)17)20-5-11(19)14(7)21-12-1-2-22(15(23)24)6-10(12)18/h3-5,10,12H,1-2,6,19H2,(H,20,21)(H,23,24)/t10-,12-/m0/s1. The lowest BCUT2D eigenvalue weighted by molar-refractivity contribution is 0.101. The summed E-state index contributed by atoms with van der Waals surface area (Å²) < 4.78 is 28.2. The molecule has 1 amide bonds. The number of amides is 1. The van der Waals surface area contributed by atoms with E-state index in [0.717, 1.165) is 4.90 Å². The van der Waals surface area contributed by atoms with Crippen LogP contribution in [0.15, 0.2) is 22.8 Å². The molecule has 4 N–H and O–H groups in total. The normalized spacial score (nSPS) is 21.0. The van der Waals surface area contributed by atoms with E-state index in [2.05, 4.69) is 26.2 Å². The molecular weight excluding hydrogens is 386 g/mol. The molecule has 0 spiro atoms. The van der Waals surface area contributed by atoms with Crippen LogP contribution in [-0.2, 0) is 0 Å². The number of benzene rings is 1. The van der Waals surface area contributed by atoms with E-state index in [-0.39, 0.29) is 17.6 Å². The Morgan fingerprint density at radius 2 is 2.25 bits per heavy atom. The topological polar surface area (TPSA) is 91.5 Å². The number of carbonyl (C=O) groups is 1. The van der Waals surface area contributed by atoms with E-state index in [9.17, 15) is 13.6 Å². The molecule has 2 aromatic rings. The fourth-order valence-electron chi connectivity index (χ4n) is 2.79. The molecule has 128 valence electrons. The highest BCUT2D eigenvalue weighted by molar-refractivity contribution is 9.10. The number of hydrogen-bond acceptors (Lipinski definition) is 4. The first-order valence-electron chi connectivity index (χ1n) is 7.28. The van der Waals surface area contributed by atoms with E-state index in [1.54, 1.807) is 0 Å². The molecule has 9 heteroatoms. The maximum Gasteiger partial charge on any atom is 0.407 e. The largest absolute Gasteiger partial charge is 0.465 e. The number of nitrogens with two attached hydrogens (primary N) is 1. The van der Waals surface area contributed by atoms with Crippen LogP contribution in [0.2, 0.25) is 0 Å². The van der Waals surface area contributed by atoms with Gasteiger partial charge in [0.1, 0.15) is 12.0 Å². The first-order chi connectivity index (χ1) is 11.4. The minimum Gasteiger partial charge on any atom is -0.465 e. The summed E-state index contributed by atoms with van der Waals surface area (Å²) in [7, 11) is 0. The molecule has 0 aliphatic carbocycles. The highest BCUT2D eigenvalue weighted by atomic mass is 79.9. The molecule has 2 atom stereocenters. The molecule has 1 aliphatic rings. The lowest BCUT2D eigenvalue weighted by atomic mass is 10.0. The zero-order chi connectivity index (χ0) is 17.4. The van der Waals surface area contributed by atoms with Crippen LogP contribution >= 0.6 is 15.9 Å². The van der Waals surface area contributed by atoms with Crippen molar-refractivity contribution in [3.63, 3.8) is 0 Å². The van der Waals surface area contributed by atoms with Gasteiger partial charge in [-0.3, -0.25) is 4.98 Å². The van der Waals surface area contributed by atoms with Gasteiger partial charge in [0.2, 0.25) is 0 Å². The molecule has 1 saturated heterocycles. The van der Waals surface area contributed by atoms with Crippen LogP contribution in [-0.4, -0.2) is 46.4 Å². The number of likely N-dealkylation sites (tertiary alicyclic amines) is 1. The summed E-state index contributed by atoms with van der Waals surface area (Å²) in [5.74, 6) is -0.455. The Morgan fingerprint density at radius 3 is 2.92 bits per heavy atom. The molecule has 2 heterocycles. The highest BCUT2D eigenvalue weighted by Gasteiger charge is 2.32. The fraction of sp³-hybridized carbons (Fsp3) is 0.333. The average molecular weight is 401 g/mol. The minimum absolute atomic E-state index is 0.200. The maximum atomic E-state index is 14.3. The lowest BCUT2D eigenvalue weighted by Gasteiger charge is -2.34. The van der Waals surface area contributed by atoms with Gasteiger partial charge in [-0.25, -0.2) is 13.6 Å². The van der Waals surface area contributed by atoms with Crippen molar-refractivity contribution in [2.45, 2.75) is 18.6 Å². The molecular formula is C15H15BrF2N4O2. The third kappa shape index (κ3) is 3.08. The van der Waals surface area contributed by atoms with Gasteiger partial charge in [-0.15, -0.1) is 0 Å². The van der Waals surface area contributed by atoms with Gasteiger partial charge in [0.15, 0.2) is 0 Å². The molecule has 0 radical (unpaired) electrons. The Bertz CT molecular complexity index is 805. The van der Waals surface area contributed by atoms with E-state index >= 15 is 0 Å². The van der Waals surface area contributed by atoms with Crippen molar-refractivity contribution < 1.29 is 18.7 Å². The van der Waals surface area contributed by atoms with E-state index < -0.39 is 24.1 Å². The number of hydrogen-bond donors (Lipinski definition) is 3. The van der Waals surface area contributed by atoms with Crippen LogP contribution in [0.25, 0.3) is 10.9 Å². The number of piperidine rings is 1. The second kappa shape index (κ2) is 6.39. The number of nitrogen functional groups attached to an aromatic ring is 1. The van der Waals surface area contributed by atoms with Gasteiger partial charge in [0.25, 0.3) is 0 Å². The highest BCUT2D eigenvalue weighted by Crippen LogP contribution is 2.33. The number of pyridine rings is 1. The number of nitrogens with one attached hydrogen (secondary N) is 1. The molecule has 3 rings (SSSR count). The molecule has 1 aromatic carbocycles. The van der Waals surface area contributed by atoms with Gasteiger partial charge in [0.05, 0.1) is 40.1 Å². The average Bonchev–Trinajstić information content (AvgIpc) is 2.53. The van der Waals surface area contributed by atoms with Crippen molar-refractivity contribution in [1.29, 1.82) is 0 Å². The molecule has 1 fully saturated rings. The van der Waals surface area contributed by atoms with Crippen LogP contribution in [0.5, 0.6) is 0 Å². The van der Waals surface area contributed by atoms with Crippen LogP contribution < -0.4 is 11.1 Å². The number of anilines is 2. The summed E-state index contributed by atoms with van der Waals surface area (Å²) in [6, 6.07) is 2.22. The van der Waals surface area contributed by atoms with E-state index in [4.69, 9.17) is 10.8 Å². The van der Waals surface area contributed by atoms with Gasteiger partial charge in [-0.2, -0.15) is 0 Å². The number of fused-ring (bicyclic) bond motifs is 1. The second-order valence-corrected chi connectivity index (χ2v) is 6.51. The van der Waals surface area contributed by atoms with Crippen molar-refractivity contribution in [2.75, 3.05) is 24.1 Å². The molecule has 1 aliphatic heterocycles. The predicted molar refractivity (Wildman–Crippen MR) is 90.3 cm³/mol. The minimum atomic E-state index is -1.37. The van der Waals surface area contributed by atoms with Crippen molar-refractivity contribution in [3.05, 3.63) is 28.6 Å². The van der Waals surface area contributed by atoms with E-state index in [1.165, 1.54) is 18.3 Å². The van der Waals surface area contributed by atoms with Crippen LogP contribution in [0, 0.1) is 5.82 Å². The predicted octanol–water partition coefficient (Wildman–Crippen LogP) is 3.22. The van der Waals surface area contributed by atoms with Gasteiger partial charge >= 0.3 is 6.09 Å². The molecule has 6 nitrogen and oxygen atoms in total. The number of halogens is 3. The number of aromatic nitrogens is 1. The summed E-state index contributed by atoms with van der Waals surface area (Å²) in [5.41, 5.74) is 7.13. The molecule has 0 unspecified atom stereocenters. The zero-order valence-electron chi connectivity index (χ0n) is 12.5. The number of alkyl halides is 1. The van der Waals surface area contributed by atoms with Crippen molar-refractivity contribution in [3.8, 4) is 0 Å². The Kier molecular flexibility index (Phi) is 4.44. The smallest absolute Gasteiger partial charge is 0.407 e. The number of carboxylic acid groups (broad SMARTS) is 1. The molecule has 24 heavy (non-hydrogen) atoms. The summed E-state index contributed by atoms with van der Waals surface area (Å²) >= 11 is 3.12. The van der Waals surface area contributed by atoms with E-state index in [0.29, 0.717) is 28.7 Å². The van der Waals surface area contributed by atoms with Crippen LogP contribution in [0.3, 0.4) is 0 Å². The van der Waals surface area contributed by atoms with Crippen molar-refractivity contribution >= 4 is 44.3 Å². The van der Waals surface area contributed by atoms with Crippen molar-refractivity contribution in [1.82, 2.24) is 9.88 Å². The SMILES string of the molecule is Nc1cnc2cc(F)c(Br)cc2c1N[C@H]1CCN(C(=O)O)C[C@@H]1F. The monoisotopic (exact) mass is 400 g/mol. The van der Waals surface area contributed by atoms with Crippen LogP contribution in [0.1, 0.15) is 6.42 Å². The van der Waals surface area contributed by atoms with Gasteiger partial charge in [-0.1, -0.05) is 0 Å². The second-order valence-electron chi connectivity index (χ2n) is 5.66. The fourth-order valence-corrected chi connectivity index (χ4v) is 3.13. The Balaban J connectivity index is 1.91. The van der Waals surface area contributed by atoms with E-state index in [1.807, 2.05) is 0 Å². The Labute approximate surface area is 144 Å². The van der Waals surface area contributed by atoms with Crippen LogP contribution in [0.4, 0.5) is 25.0 Å². The first-order valence-corrected chi connectivity index (χ1v) is 8.08. The Morgan fingerprint density at radius 1 is 1.50 bits per heavy atom. The Hall–Kier alpha value is -2.16. The summed E-state index contributed by atoms with van der Waals surface area (Å²) in [4.78, 5) is 16.1.